The molecule has 0 radical (unpaired) electrons. The maximum atomic E-state index is 11.8. The third-order valence-corrected chi connectivity index (χ3v) is 4.70. The number of para-hydroxylation sites is 1. The molecule has 1 amide bonds. The highest BCUT2D eigenvalue weighted by molar-refractivity contribution is 7.20. The number of halogens is 1. The summed E-state index contributed by atoms with van der Waals surface area (Å²) in [6, 6.07) is 12.9. The van der Waals surface area contributed by atoms with E-state index in [9.17, 15) is 4.79 Å². The van der Waals surface area contributed by atoms with Crippen molar-refractivity contribution in [2.24, 2.45) is 0 Å². The first kappa shape index (κ1) is 15.0. The van der Waals surface area contributed by atoms with Crippen molar-refractivity contribution >= 4 is 45.3 Å². The maximum Gasteiger partial charge on any atom is 0.264 e. The number of benzene rings is 1. The van der Waals surface area contributed by atoms with Gasteiger partial charge in [0, 0.05) is 5.38 Å². The fourth-order valence-electron chi connectivity index (χ4n) is 1.72. The number of hydrogen-bond donors (Lipinski definition) is 1. The van der Waals surface area contributed by atoms with Gasteiger partial charge < -0.3 is 4.74 Å². The fourth-order valence-corrected chi connectivity index (χ4v) is 3.52. The minimum absolute atomic E-state index is 0.0518. The number of carbonyl (C=O) groups excluding carboxylic acids is 1. The van der Waals surface area contributed by atoms with E-state index in [-0.39, 0.29) is 12.5 Å². The Kier molecular flexibility index (Phi) is 4.72. The number of anilines is 1. The van der Waals surface area contributed by atoms with Gasteiger partial charge in [-0.25, -0.2) is 4.98 Å². The summed E-state index contributed by atoms with van der Waals surface area (Å²) in [6.07, 6.45) is 0. The summed E-state index contributed by atoms with van der Waals surface area (Å²) < 4.78 is 6.10. The van der Waals surface area contributed by atoms with Crippen LogP contribution >= 0.6 is 34.3 Å². The summed E-state index contributed by atoms with van der Waals surface area (Å²) in [5.41, 5.74) is 0.807. The Morgan fingerprint density at radius 2 is 2.05 bits per heavy atom. The van der Waals surface area contributed by atoms with Gasteiger partial charge in [0.15, 0.2) is 11.7 Å². The van der Waals surface area contributed by atoms with Crippen LogP contribution in [0.3, 0.4) is 0 Å². The van der Waals surface area contributed by atoms with Crippen LogP contribution in [-0.2, 0) is 4.79 Å². The molecule has 0 bridgehead atoms. The van der Waals surface area contributed by atoms with E-state index in [1.165, 1.54) is 22.7 Å². The van der Waals surface area contributed by atoms with E-state index in [1.54, 1.807) is 12.1 Å². The lowest BCUT2D eigenvalue weighted by Crippen LogP contribution is -2.19. The van der Waals surface area contributed by atoms with E-state index in [2.05, 4.69) is 10.3 Å². The zero-order valence-electron chi connectivity index (χ0n) is 11.3. The number of amides is 1. The molecule has 2 heterocycles. The van der Waals surface area contributed by atoms with Crippen LogP contribution in [0.4, 0.5) is 5.13 Å². The predicted octanol–water partition coefficient (Wildman–Crippen LogP) is 4.54. The van der Waals surface area contributed by atoms with E-state index in [4.69, 9.17) is 16.3 Å². The summed E-state index contributed by atoms with van der Waals surface area (Å²) in [6.45, 7) is -0.0518. The van der Waals surface area contributed by atoms with Gasteiger partial charge in [-0.1, -0.05) is 29.8 Å². The third kappa shape index (κ3) is 3.85. The Balaban J connectivity index is 1.57. The minimum Gasteiger partial charge on any atom is -0.484 e. The maximum absolute atomic E-state index is 11.8. The summed E-state index contributed by atoms with van der Waals surface area (Å²) >= 11 is 8.73. The standard InChI is InChI=1S/C15H11ClN2O2S2/c16-13-7-6-12(22-13)11-9-21-15(17-11)18-14(19)8-20-10-4-2-1-3-5-10/h1-7,9H,8H2,(H,17,18,19). The van der Waals surface area contributed by atoms with E-state index in [0.717, 1.165) is 10.6 Å². The highest BCUT2D eigenvalue weighted by Gasteiger charge is 2.10. The second-order valence-electron chi connectivity index (χ2n) is 4.29. The molecule has 2 aromatic heterocycles. The van der Waals surface area contributed by atoms with Gasteiger partial charge in [0.05, 0.1) is 14.9 Å². The molecular weight excluding hydrogens is 340 g/mol. The van der Waals surface area contributed by atoms with Crippen molar-refractivity contribution in [1.82, 2.24) is 4.98 Å². The number of hydrogen-bond acceptors (Lipinski definition) is 5. The molecule has 0 aliphatic rings. The first-order valence-corrected chi connectivity index (χ1v) is 8.47. The van der Waals surface area contributed by atoms with Crippen LogP contribution in [0, 0.1) is 0 Å². The molecule has 0 atom stereocenters. The van der Waals surface area contributed by atoms with Crippen LogP contribution in [0.5, 0.6) is 5.75 Å². The molecule has 112 valence electrons. The van der Waals surface area contributed by atoms with Gasteiger partial charge in [0.25, 0.3) is 5.91 Å². The van der Waals surface area contributed by atoms with Crippen molar-refractivity contribution in [2.45, 2.75) is 0 Å². The zero-order chi connectivity index (χ0) is 15.4. The highest BCUT2D eigenvalue weighted by atomic mass is 35.5. The molecule has 0 aliphatic carbocycles. The van der Waals surface area contributed by atoms with Crippen molar-refractivity contribution in [3.8, 4) is 16.3 Å². The molecule has 1 aromatic carbocycles. The van der Waals surface area contributed by atoms with E-state index in [0.29, 0.717) is 15.2 Å². The Hall–Kier alpha value is -1.89. The molecular formula is C15H11ClN2O2S2. The number of ether oxygens (including phenoxy) is 1. The minimum atomic E-state index is -0.242. The zero-order valence-corrected chi connectivity index (χ0v) is 13.7. The fraction of sp³-hybridized carbons (Fsp3) is 0.0667. The molecule has 0 saturated heterocycles. The lowest BCUT2D eigenvalue weighted by atomic mass is 10.3. The average Bonchev–Trinajstić information content (AvgIpc) is 3.15. The van der Waals surface area contributed by atoms with Crippen molar-refractivity contribution in [3.63, 3.8) is 0 Å². The molecule has 0 fully saturated rings. The molecule has 0 aliphatic heterocycles. The van der Waals surface area contributed by atoms with Gasteiger partial charge in [0.2, 0.25) is 0 Å². The molecule has 0 spiro atoms. The Labute approximate surface area is 140 Å². The first-order valence-electron chi connectivity index (χ1n) is 6.39. The normalized spacial score (nSPS) is 10.4. The monoisotopic (exact) mass is 350 g/mol. The summed E-state index contributed by atoms with van der Waals surface area (Å²) in [5, 5.41) is 5.15. The lowest BCUT2D eigenvalue weighted by Gasteiger charge is -2.05. The molecule has 4 nitrogen and oxygen atoms in total. The van der Waals surface area contributed by atoms with Crippen LogP contribution in [0.15, 0.2) is 47.8 Å². The number of thiophene rings is 1. The predicted molar refractivity (Wildman–Crippen MR) is 91.0 cm³/mol. The van der Waals surface area contributed by atoms with Crippen molar-refractivity contribution < 1.29 is 9.53 Å². The summed E-state index contributed by atoms with van der Waals surface area (Å²) in [5.74, 6) is 0.416. The number of nitrogens with one attached hydrogen (secondary N) is 1. The number of rotatable bonds is 5. The van der Waals surface area contributed by atoms with Crippen molar-refractivity contribution in [3.05, 3.63) is 52.2 Å². The molecule has 0 saturated carbocycles. The molecule has 1 N–H and O–H groups in total. The average molecular weight is 351 g/mol. The number of aromatic nitrogens is 1. The molecule has 22 heavy (non-hydrogen) atoms. The Bertz CT molecular complexity index is 771. The lowest BCUT2D eigenvalue weighted by molar-refractivity contribution is -0.118. The largest absolute Gasteiger partial charge is 0.484 e. The number of carbonyl (C=O) groups is 1. The topological polar surface area (TPSA) is 51.2 Å². The van der Waals surface area contributed by atoms with Gasteiger partial charge in [0.1, 0.15) is 5.75 Å². The van der Waals surface area contributed by atoms with E-state index in [1.807, 2.05) is 35.7 Å². The van der Waals surface area contributed by atoms with Crippen LogP contribution in [0.25, 0.3) is 10.6 Å². The second kappa shape index (κ2) is 6.91. The first-order chi connectivity index (χ1) is 10.7. The quantitative estimate of drug-likeness (QED) is 0.734. The Morgan fingerprint density at radius 3 is 2.77 bits per heavy atom. The molecule has 7 heteroatoms. The SMILES string of the molecule is O=C(COc1ccccc1)Nc1nc(-c2ccc(Cl)s2)cs1. The third-order valence-electron chi connectivity index (χ3n) is 2.69. The van der Waals surface area contributed by atoms with Crippen LogP contribution in [0.2, 0.25) is 4.34 Å². The number of thiazole rings is 1. The second-order valence-corrected chi connectivity index (χ2v) is 6.86. The Morgan fingerprint density at radius 1 is 1.23 bits per heavy atom. The van der Waals surface area contributed by atoms with Gasteiger partial charge in [-0.05, 0) is 24.3 Å². The molecule has 0 unspecified atom stereocenters. The summed E-state index contributed by atoms with van der Waals surface area (Å²) in [4.78, 5) is 17.2. The highest BCUT2D eigenvalue weighted by Crippen LogP contribution is 2.32. The van der Waals surface area contributed by atoms with Crippen molar-refractivity contribution in [1.29, 1.82) is 0 Å². The van der Waals surface area contributed by atoms with Gasteiger partial charge in [-0.15, -0.1) is 22.7 Å². The van der Waals surface area contributed by atoms with Crippen LogP contribution in [-0.4, -0.2) is 17.5 Å². The van der Waals surface area contributed by atoms with Gasteiger partial charge in [-0.2, -0.15) is 0 Å². The molecule has 3 rings (SSSR count). The van der Waals surface area contributed by atoms with Crippen LogP contribution in [0.1, 0.15) is 0 Å². The summed E-state index contributed by atoms with van der Waals surface area (Å²) in [7, 11) is 0. The van der Waals surface area contributed by atoms with Gasteiger partial charge in [-0.3, -0.25) is 10.1 Å². The van der Waals surface area contributed by atoms with Crippen LogP contribution < -0.4 is 10.1 Å². The number of nitrogens with zero attached hydrogens (tertiary/aromatic N) is 1. The van der Waals surface area contributed by atoms with Gasteiger partial charge >= 0.3 is 0 Å². The van der Waals surface area contributed by atoms with E-state index < -0.39 is 0 Å². The molecule has 3 aromatic rings. The smallest absolute Gasteiger partial charge is 0.264 e. The van der Waals surface area contributed by atoms with E-state index >= 15 is 0 Å². The van der Waals surface area contributed by atoms with Crippen molar-refractivity contribution in [2.75, 3.05) is 11.9 Å².